The van der Waals surface area contributed by atoms with E-state index in [-0.39, 0.29) is 0 Å². The van der Waals surface area contributed by atoms with Crippen molar-refractivity contribution in [3.05, 3.63) is 72.3 Å². The molecule has 4 rings (SSSR count). The van der Waals surface area contributed by atoms with Gasteiger partial charge in [-0.05, 0) is 43.3 Å². The lowest BCUT2D eigenvalue weighted by Gasteiger charge is -2.13. The van der Waals surface area contributed by atoms with Crippen LogP contribution in [0.5, 0.6) is 5.75 Å². The number of hydrogen-bond donors (Lipinski definition) is 2. The third kappa shape index (κ3) is 2.36. The van der Waals surface area contributed by atoms with Gasteiger partial charge in [0, 0.05) is 27.7 Å². The first kappa shape index (κ1) is 13.6. The van der Waals surface area contributed by atoms with Crippen molar-refractivity contribution in [2.24, 2.45) is 0 Å². The van der Waals surface area contributed by atoms with Gasteiger partial charge in [0.05, 0.1) is 11.0 Å². The number of phenols is 1. The van der Waals surface area contributed by atoms with Crippen molar-refractivity contribution in [1.82, 2.24) is 4.98 Å². The summed E-state index contributed by atoms with van der Waals surface area (Å²) in [5.74, 6) is 0.291. The number of para-hydroxylation sites is 1. The maximum atomic E-state index is 9.88. The molecule has 112 valence electrons. The normalized spacial score (nSPS) is 11.0. The van der Waals surface area contributed by atoms with Crippen LogP contribution in [0.3, 0.4) is 0 Å². The molecule has 0 aliphatic rings. The van der Waals surface area contributed by atoms with Crippen LogP contribution in [0.15, 0.2) is 66.7 Å². The highest BCUT2D eigenvalue weighted by Gasteiger charge is 2.07. The standard InChI is InChI=1S/C20H16N2O/c1-13-16(8-5-11-20(13)23)21-18-9-4-10-19-15(18)12-14-6-2-3-7-17(14)22-19/h2-12,21,23H,1H3. The molecule has 0 unspecified atom stereocenters. The van der Waals surface area contributed by atoms with E-state index in [1.807, 2.05) is 55.5 Å². The lowest BCUT2D eigenvalue weighted by atomic mass is 10.1. The number of aromatic nitrogens is 1. The SMILES string of the molecule is Cc1c(O)cccc1Nc1cccc2nc3ccccc3cc12. The van der Waals surface area contributed by atoms with E-state index in [0.29, 0.717) is 5.75 Å². The monoisotopic (exact) mass is 300 g/mol. The van der Waals surface area contributed by atoms with Gasteiger partial charge in [-0.3, -0.25) is 0 Å². The summed E-state index contributed by atoms with van der Waals surface area (Å²) < 4.78 is 0. The Hall–Kier alpha value is -3.07. The highest BCUT2D eigenvalue weighted by Crippen LogP contribution is 2.31. The zero-order valence-corrected chi connectivity index (χ0v) is 12.7. The summed E-state index contributed by atoms with van der Waals surface area (Å²) in [5, 5.41) is 15.5. The zero-order valence-electron chi connectivity index (χ0n) is 12.7. The largest absolute Gasteiger partial charge is 0.508 e. The van der Waals surface area contributed by atoms with Crippen LogP contribution < -0.4 is 5.32 Å². The molecule has 0 spiro atoms. The molecule has 3 nitrogen and oxygen atoms in total. The Labute approximate surface area is 134 Å². The van der Waals surface area contributed by atoms with E-state index >= 15 is 0 Å². The minimum Gasteiger partial charge on any atom is -0.508 e. The second-order valence-electron chi connectivity index (χ2n) is 5.63. The second-order valence-corrected chi connectivity index (χ2v) is 5.63. The summed E-state index contributed by atoms with van der Waals surface area (Å²) in [6, 6.07) is 21.8. The number of rotatable bonds is 2. The van der Waals surface area contributed by atoms with Crippen molar-refractivity contribution in [1.29, 1.82) is 0 Å². The smallest absolute Gasteiger partial charge is 0.120 e. The molecule has 1 aromatic heterocycles. The van der Waals surface area contributed by atoms with Crippen molar-refractivity contribution < 1.29 is 5.11 Å². The first-order chi connectivity index (χ1) is 11.2. The van der Waals surface area contributed by atoms with Crippen LogP contribution in [-0.2, 0) is 0 Å². The number of pyridine rings is 1. The summed E-state index contributed by atoms with van der Waals surface area (Å²) in [7, 11) is 0. The third-order valence-electron chi connectivity index (χ3n) is 4.14. The number of benzene rings is 3. The van der Waals surface area contributed by atoms with Gasteiger partial charge in [0.2, 0.25) is 0 Å². The Balaban J connectivity index is 1.89. The topological polar surface area (TPSA) is 45.1 Å². The predicted molar refractivity (Wildman–Crippen MR) is 95.4 cm³/mol. The first-order valence-corrected chi connectivity index (χ1v) is 7.56. The maximum absolute atomic E-state index is 9.88. The van der Waals surface area contributed by atoms with Gasteiger partial charge in [-0.2, -0.15) is 0 Å². The second kappa shape index (κ2) is 5.29. The molecule has 0 saturated heterocycles. The molecule has 0 aliphatic heterocycles. The lowest BCUT2D eigenvalue weighted by Crippen LogP contribution is -1.95. The fourth-order valence-corrected chi connectivity index (χ4v) is 2.81. The van der Waals surface area contributed by atoms with Gasteiger partial charge >= 0.3 is 0 Å². The van der Waals surface area contributed by atoms with Crippen LogP contribution in [0.4, 0.5) is 11.4 Å². The maximum Gasteiger partial charge on any atom is 0.120 e. The van der Waals surface area contributed by atoms with Crippen molar-refractivity contribution >= 4 is 33.2 Å². The Kier molecular flexibility index (Phi) is 3.12. The number of hydrogen-bond acceptors (Lipinski definition) is 3. The molecule has 0 atom stereocenters. The lowest BCUT2D eigenvalue weighted by molar-refractivity contribution is 0.471. The number of nitrogens with zero attached hydrogens (tertiary/aromatic N) is 1. The molecule has 0 aliphatic carbocycles. The molecule has 2 N–H and O–H groups in total. The molecular formula is C20H16N2O. The molecule has 1 heterocycles. The number of nitrogens with one attached hydrogen (secondary N) is 1. The number of anilines is 2. The minimum atomic E-state index is 0.291. The van der Waals surface area contributed by atoms with E-state index in [1.165, 1.54) is 0 Å². The minimum absolute atomic E-state index is 0.291. The average molecular weight is 300 g/mol. The van der Waals surface area contributed by atoms with E-state index < -0.39 is 0 Å². The Morgan fingerprint density at radius 1 is 0.826 bits per heavy atom. The van der Waals surface area contributed by atoms with Gasteiger partial charge in [0.25, 0.3) is 0 Å². The Morgan fingerprint density at radius 3 is 2.48 bits per heavy atom. The molecule has 0 saturated carbocycles. The molecule has 3 aromatic carbocycles. The molecule has 23 heavy (non-hydrogen) atoms. The van der Waals surface area contributed by atoms with E-state index in [2.05, 4.69) is 17.4 Å². The molecule has 0 radical (unpaired) electrons. The van der Waals surface area contributed by atoms with Crippen LogP contribution in [0.2, 0.25) is 0 Å². The molecule has 0 bridgehead atoms. The highest BCUT2D eigenvalue weighted by atomic mass is 16.3. The molecular weight excluding hydrogens is 284 g/mol. The fourth-order valence-electron chi connectivity index (χ4n) is 2.81. The van der Waals surface area contributed by atoms with Crippen LogP contribution in [0.1, 0.15) is 5.56 Å². The van der Waals surface area contributed by atoms with Crippen LogP contribution in [0.25, 0.3) is 21.8 Å². The molecule has 0 fully saturated rings. The summed E-state index contributed by atoms with van der Waals surface area (Å²) in [4.78, 5) is 4.73. The van der Waals surface area contributed by atoms with E-state index in [4.69, 9.17) is 4.98 Å². The first-order valence-electron chi connectivity index (χ1n) is 7.56. The van der Waals surface area contributed by atoms with Gasteiger partial charge in [-0.15, -0.1) is 0 Å². The van der Waals surface area contributed by atoms with Gasteiger partial charge in [-0.1, -0.05) is 30.3 Å². The summed E-state index contributed by atoms with van der Waals surface area (Å²) in [5.41, 5.74) is 4.65. The summed E-state index contributed by atoms with van der Waals surface area (Å²) >= 11 is 0. The number of phenolic OH excluding ortho intramolecular Hbond substituents is 1. The quantitative estimate of drug-likeness (QED) is 0.503. The molecule has 0 amide bonds. The summed E-state index contributed by atoms with van der Waals surface area (Å²) in [6.45, 7) is 1.90. The average Bonchev–Trinajstić information content (AvgIpc) is 2.57. The molecule has 4 aromatic rings. The van der Waals surface area contributed by atoms with E-state index in [9.17, 15) is 5.11 Å². The third-order valence-corrected chi connectivity index (χ3v) is 4.14. The predicted octanol–water partition coefficient (Wildman–Crippen LogP) is 5.15. The van der Waals surface area contributed by atoms with Crippen LogP contribution in [0, 0.1) is 6.92 Å². The van der Waals surface area contributed by atoms with Gasteiger partial charge in [0.1, 0.15) is 5.75 Å². The van der Waals surface area contributed by atoms with Crippen LogP contribution in [-0.4, -0.2) is 10.1 Å². The fraction of sp³-hybridized carbons (Fsp3) is 0.0500. The van der Waals surface area contributed by atoms with E-state index in [0.717, 1.165) is 38.7 Å². The number of fused-ring (bicyclic) bond motifs is 2. The Morgan fingerprint density at radius 2 is 1.57 bits per heavy atom. The van der Waals surface area contributed by atoms with Crippen molar-refractivity contribution in [3.63, 3.8) is 0 Å². The van der Waals surface area contributed by atoms with Crippen LogP contribution >= 0.6 is 0 Å². The van der Waals surface area contributed by atoms with Gasteiger partial charge in [0.15, 0.2) is 0 Å². The highest BCUT2D eigenvalue weighted by molar-refractivity contribution is 6.00. The van der Waals surface area contributed by atoms with Gasteiger partial charge in [-0.25, -0.2) is 4.98 Å². The van der Waals surface area contributed by atoms with E-state index in [1.54, 1.807) is 6.07 Å². The van der Waals surface area contributed by atoms with Crippen molar-refractivity contribution in [2.45, 2.75) is 6.92 Å². The number of aromatic hydroxyl groups is 1. The van der Waals surface area contributed by atoms with Gasteiger partial charge < -0.3 is 10.4 Å². The zero-order chi connectivity index (χ0) is 15.8. The molecule has 3 heteroatoms. The van der Waals surface area contributed by atoms with Crippen molar-refractivity contribution in [2.75, 3.05) is 5.32 Å². The summed E-state index contributed by atoms with van der Waals surface area (Å²) in [6.07, 6.45) is 0. The Bertz CT molecular complexity index is 1020. The van der Waals surface area contributed by atoms with Crippen molar-refractivity contribution in [3.8, 4) is 5.75 Å².